The number of hydrogen-bond acceptors (Lipinski definition) is 3. The van der Waals surface area contributed by atoms with Gasteiger partial charge in [0.25, 0.3) is 0 Å². The molecule has 0 fully saturated rings. The number of hydrogen-bond donors (Lipinski definition) is 1. The van der Waals surface area contributed by atoms with Gasteiger partial charge in [0.1, 0.15) is 0 Å². The molecule has 1 aliphatic rings. The number of nitrogens with zero attached hydrogens (tertiary/aromatic N) is 1. The lowest BCUT2D eigenvalue weighted by molar-refractivity contribution is 0.397. The number of allylic oxidation sites excluding steroid dienone is 1. The number of rotatable bonds is 5. The van der Waals surface area contributed by atoms with Crippen LogP contribution in [0.2, 0.25) is 0 Å². The molecule has 1 aliphatic carbocycles. The van der Waals surface area contributed by atoms with Crippen LogP contribution in [0, 0.1) is 0 Å². The summed E-state index contributed by atoms with van der Waals surface area (Å²) in [6.07, 6.45) is 11.8. The summed E-state index contributed by atoms with van der Waals surface area (Å²) in [6, 6.07) is 4.48. The first-order valence-corrected chi connectivity index (χ1v) is 7.18. The molecule has 104 valence electrons. The summed E-state index contributed by atoms with van der Waals surface area (Å²) in [5, 5.41) is 3.45. The van der Waals surface area contributed by atoms with Crippen molar-refractivity contribution in [3.8, 4) is 5.88 Å². The molecule has 3 nitrogen and oxygen atoms in total. The first kappa shape index (κ1) is 14.1. The molecule has 1 atom stereocenters. The van der Waals surface area contributed by atoms with E-state index in [4.69, 9.17) is 4.74 Å². The maximum atomic E-state index is 5.10. The summed E-state index contributed by atoms with van der Waals surface area (Å²) in [6.45, 7) is 0. The van der Waals surface area contributed by atoms with Crippen LogP contribution in [0.3, 0.4) is 0 Å². The number of pyridine rings is 1. The quantitative estimate of drug-likeness (QED) is 0.826. The summed E-state index contributed by atoms with van der Waals surface area (Å²) in [5.74, 6) is 0.679. The molecular weight excluding hydrogens is 236 g/mol. The molecule has 2 rings (SSSR count). The van der Waals surface area contributed by atoms with Crippen LogP contribution in [0.4, 0.5) is 0 Å². The van der Waals surface area contributed by atoms with Crippen LogP contribution >= 0.6 is 0 Å². The largest absolute Gasteiger partial charge is 0.481 e. The zero-order valence-corrected chi connectivity index (χ0v) is 12.0. The van der Waals surface area contributed by atoms with E-state index in [0.717, 1.165) is 6.42 Å². The topological polar surface area (TPSA) is 34.1 Å². The average molecular weight is 260 g/mol. The Balaban J connectivity index is 2.02. The van der Waals surface area contributed by atoms with Crippen molar-refractivity contribution >= 4 is 0 Å². The highest BCUT2D eigenvalue weighted by Gasteiger charge is 2.14. The first-order valence-electron chi connectivity index (χ1n) is 7.18. The average Bonchev–Trinajstić information content (AvgIpc) is 2.74. The van der Waals surface area contributed by atoms with E-state index in [2.05, 4.69) is 22.4 Å². The molecular formula is C16H24N2O. The molecule has 1 unspecified atom stereocenters. The Morgan fingerprint density at radius 3 is 2.89 bits per heavy atom. The standard InChI is InChI=1S/C16H24N2O/c1-17-15(14-7-5-3-4-6-8-14)11-13-9-10-16(19-2)18-12-13/h7,9-10,12,15,17H,3-6,8,11H2,1-2H3. The SMILES string of the molecule is CNC(Cc1ccc(OC)nc1)C1=CCCCCC1. The highest BCUT2D eigenvalue weighted by Crippen LogP contribution is 2.22. The second-order valence-corrected chi connectivity index (χ2v) is 5.13. The van der Waals surface area contributed by atoms with Gasteiger partial charge in [-0.05, 0) is 44.7 Å². The molecule has 0 amide bonds. The fraction of sp³-hybridized carbons (Fsp3) is 0.562. The van der Waals surface area contributed by atoms with E-state index in [0.29, 0.717) is 11.9 Å². The van der Waals surface area contributed by atoms with Gasteiger partial charge in [-0.15, -0.1) is 0 Å². The van der Waals surface area contributed by atoms with Crippen molar-refractivity contribution in [2.24, 2.45) is 0 Å². The molecule has 1 N–H and O–H groups in total. The summed E-state index contributed by atoms with van der Waals surface area (Å²) in [7, 11) is 3.70. The molecule has 0 radical (unpaired) electrons. The third-order valence-corrected chi connectivity index (χ3v) is 3.82. The van der Waals surface area contributed by atoms with E-state index in [9.17, 15) is 0 Å². The van der Waals surface area contributed by atoms with Gasteiger partial charge in [-0.25, -0.2) is 4.98 Å². The van der Waals surface area contributed by atoms with Gasteiger partial charge in [-0.1, -0.05) is 24.1 Å². The maximum absolute atomic E-state index is 5.10. The van der Waals surface area contributed by atoms with E-state index in [1.165, 1.54) is 37.7 Å². The van der Waals surface area contributed by atoms with Gasteiger partial charge in [-0.2, -0.15) is 0 Å². The summed E-state index contributed by atoms with van der Waals surface area (Å²) >= 11 is 0. The minimum absolute atomic E-state index is 0.438. The van der Waals surface area contributed by atoms with E-state index in [-0.39, 0.29) is 0 Å². The Morgan fingerprint density at radius 1 is 1.32 bits per heavy atom. The van der Waals surface area contributed by atoms with E-state index < -0.39 is 0 Å². The maximum Gasteiger partial charge on any atom is 0.212 e. The van der Waals surface area contributed by atoms with Crippen molar-refractivity contribution in [1.29, 1.82) is 0 Å². The third-order valence-electron chi connectivity index (χ3n) is 3.82. The molecule has 3 heteroatoms. The van der Waals surface area contributed by atoms with Crippen molar-refractivity contribution in [3.63, 3.8) is 0 Å². The number of aromatic nitrogens is 1. The Kier molecular flexibility index (Phi) is 5.40. The Hall–Kier alpha value is -1.35. The van der Waals surface area contributed by atoms with Crippen LogP contribution in [0.15, 0.2) is 30.0 Å². The van der Waals surface area contributed by atoms with E-state index in [1.807, 2.05) is 19.3 Å². The molecule has 1 heterocycles. The third kappa shape index (κ3) is 4.06. The summed E-state index contributed by atoms with van der Waals surface area (Å²) in [5.41, 5.74) is 2.82. The molecule has 1 aromatic rings. The monoisotopic (exact) mass is 260 g/mol. The van der Waals surface area contributed by atoms with Gasteiger partial charge in [0.05, 0.1) is 7.11 Å². The predicted octanol–water partition coefficient (Wildman–Crippen LogP) is 3.11. The van der Waals surface area contributed by atoms with Crippen LogP contribution < -0.4 is 10.1 Å². The number of methoxy groups -OCH3 is 1. The summed E-state index contributed by atoms with van der Waals surface area (Å²) < 4.78 is 5.10. The van der Waals surface area contributed by atoms with E-state index in [1.54, 1.807) is 12.7 Å². The molecule has 0 spiro atoms. The van der Waals surface area contributed by atoms with Gasteiger partial charge in [0, 0.05) is 18.3 Å². The second kappa shape index (κ2) is 7.29. The molecule has 19 heavy (non-hydrogen) atoms. The Labute approximate surface area is 116 Å². The minimum atomic E-state index is 0.438. The fourth-order valence-electron chi connectivity index (χ4n) is 2.66. The lowest BCUT2D eigenvalue weighted by atomic mass is 9.96. The Bertz CT molecular complexity index is 411. The second-order valence-electron chi connectivity index (χ2n) is 5.13. The van der Waals surface area contributed by atoms with Crippen molar-refractivity contribution in [1.82, 2.24) is 10.3 Å². The number of nitrogens with one attached hydrogen (secondary N) is 1. The van der Waals surface area contributed by atoms with Crippen LogP contribution in [-0.2, 0) is 6.42 Å². The number of likely N-dealkylation sites (N-methyl/N-ethyl adjacent to an activating group) is 1. The lowest BCUT2D eigenvalue weighted by Crippen LogP contribution is -2.29. The van der Waals surface area contributed by atoms with Crippen molar-refractivity contribution in [2.75, 3.05) is 14.2 Å². The molecule has 0 aliphatic heterocycles. The van der Waals surface area contributed by atoms with Gasteiger partial charge in [-0.3, -0.25) is 0 Å². The Morgan fingerprint density at radius 2 is 2.21 bits per heavy atom. The van der Waals surface area contributed by atoms with Crippen molar-refractivity contribution < 1.29 is 4.74 Å². The van der Waals surface area contributed by atoms with Gasteiger partial charge < -0.3 is 10.1 Å². The minimum Gasteiger partial charge on any atom is -0.481 e. The van der Waals surface area contributed by atoms with Crippen LogP contribution in [0.1, 0.15) is 37.7 Å². The summed E-state index contributed by atoms with van der Waals surface area (Å²) in [4.78, 5) is 4.28. The lowest BCUT2D eigenvalue weighted by Gasteiger charge is -2.19. The number of ether oxygens (including phenoxy) is 1. The zero-order chi connectivity index (χ0) is 13.5. The fourth-order valence-corrected chi connectivity index (χ4v) is 2.66. The van der Waals surface area contributed by atoms with E-state index >= 15 is 0 Å². The molecule has 0 bridgehead atoms. The van der Waals surface area contributed by atoms with Gasteiger partial charge in [0.2, 0.25) is 5.88 Å². The predicted molar refractivity (Wildman–Crippen MR) is 78.5 cm³/mol. The smallest absolute Gasteiger partial charge is 0.212 e. The van der Waals surface area contributed by atoms with Crippen LogP contribution in [-0.4, -0.2) is 25.2 Å². The zero-order valence-electron chi connectivity index (χ0n) is 12.0. The first-order chi connectivity index (χ1) is 9.33. The molecule has 0 saturated carbocycles. The molecule has 0 saturated heterocycles. The van der Waals surface area contributed by atoms with Crippen molar-refractivity contribution in [3.05, 3.63) is 35.5 Å². The highest BCUT2D eigenvalue weighted by atomic mass is 16.5. The highest BCUT2D eigenvalue weighted by molar-refractivity contribution is 5.22. The van der Waals surface area contributed by atoms with Crippen LogP contribution in [0.25, 0.3) is 0 Å². The normalized spacial score (nSPS) is 17.5. The van der Waals surface area contributed by atoms with Crippen molar-refractivity contribution in [2.45, 2.75) is 44.6 Å². The van der Waals surface area contributed by atoms with Crippen LogP contribution in [0.5, 0.6) is 5.88 Å². The molecule has 1 aromatic heterocycles. The molecule has 0 aromatic carbocycles. The van der Waals surface area contributed by atoms with Gasteiger partial charge in [0.15, 0.2) is 0 Å². The van der Waals surface area contributed by atoms with Gasteiger partial charge >= 0.3 is 0 Å².